The van der Waals surface area contributed by atoms with Crippen LogP contribution in [0.1, 0.15) is 23.0 Å². The molecule has 0 saturated heterocycles. The van der Waals surface area contributed by atoms with E-state index in [4.69, 9.17) is 10.5 Å². The molecule has 0 aliphatic heterocycles. The molecule has 1 heterocycles. The lowest BCUT2D eigenvalue weighted by Crippen LogP contribution is -2.37. The Bertz CT molecular complexity index is 577. The van der Waals surface area contributed by atoms with Gasteiger partial charge in [-0.25, -0.2) is 0 Å². The summed E-state index contributed by atoms with van der Waals surface area (Å²) in [5, 5.41) is 9.06. The van der Waals surface area contributed by atoms with Crippen LogP contribution in [0.3, 0.4) is 0 Å². The van der Waals surface area contributed by atoms with Crippen LogP contribution < -0.4 is 15.8 Å². The Morgan fingerprint density at radius 2 is 2.15 bits per heavy atom. The zero-order chi connectivity index (χ0) is 14.5. The topological polar surface area (TPSA) is 93.0 Å². The average Bonchev–Trinajstić information content (AvgIpc) is 2.84. The fourth-order valence-corrected chi connectivity index (χ4v) is 1.67. The van der Waals surface area contributed by atoms with Crippen molar-refractivity contribution in [1.82, 2.24) is 15.5 Å². The van der Waals surface area contributed by atoms with Crippen molar-refractivity contribution in [2.24, 2.45) is 0 Å². The highest BCUT2D eigenvalue weighted by molar-refractivity contribution is 5.97. The van der Waals surface area contributed by atoms with Gasteiger partial charge in [0.2, 0.25) is 0 Å². The van der Waals surface area contributed by atoms with Gasteiger partial charge in [0.05, 0.1) is 17.9 Å². The van der Waals surface area contributed by atoms with Crippen molar-refractivity contribution in [2.75, 3.05) is 12.3 Å². The second-order valence-corrected chi connectivity index (χ2v) is 4.70. The maximum absolute atomic E-state index is 11.9. The summed E-state index contributed by atoms with van der Waals surface area (Å²) >= 11 is 0. The lowest BCUT2D eigenvalue weighted by atomic mass is 10.2. The number of amides is 1. The second-order valence-electron chi connectivity index (χ2n) is 4.70. The van der Waals surface area contributed by atoms with Gasteiger partial charge >= 0.3 is 0 Å². The summed E-state index contributed by atoms with van der Waals surface area (Å²) in [5.41, 5.74) is 7.38. The summed E-state index contributed by atoms with van der Waals surface area (Å²) in [5.74, 6) is 0.484. The van der Waals surface area contributed by atoms with Gasteiger partial charge in [0.25, 0.3) is 5.91 Å². The SMILES string of the molecule is Cc1ccc(OCC(C)NC(=O)c2[nH]ncc2N)cc1. The molecule has 1 aromatic carbocycles. The molecule has 106 valence electrons. The molecule has 1 unspecified atom stereocenters. The zero-order valence-corrected chi connectivity index (χ0v) is 11.5. The van der Waals surface area contributed by atoms with Crippen molar-refractivity contribution in [3.8, 4) is 5.75 Å². The van der Waals surface area contributed by atoms with Crippen molar-refractivity contribution in [2.45, 2.75) is 19.9 Å². The molecule has 0 saturated carbocycles. The maximum atomic E-state index is 11.9. The summed E-state index contributed by atoms with van der Waals surface area (Å²) in [6, 6.07) is 7.60. The van der Waals surface area contributed by atoms with Gasteiger partial charge in [0.15, 0.2) is 0 Å². The molecule has 6 nitrogen and oxygen atoms in total. The molecular weight excluding hydrogens is 256 g/mol. The Hall–Kier alpha value is -2.50. The molecule has 1 amide bonds. The zero-order valence-electron chi connectivity index (χ0n) is 11.5. The number of aryl methyl sites for hydroxylation is 1. The molecule has 0 aliphatic carbocycles. The van der Waals surface area contributed by atoms with E-state index in [0.717, 1.165) is 5.75 Å². The fraction of sp³-hybridized carbons (Fsp3) is 0.286. The number of nitrogens with two attached hydrogens (primary N) is 1. The van der Waals surface area contributed by atoms with E-state index in [1.165, 1.54) is 11.8 Å². The van der Waals surface area contributed by atoms with Gasteiger partial charge in [-0.15, -0.1) is 0 Å². The van der Waals surface area contributed by atoms with Gasteiger partial charge in [0.1, 0.15) is 18.1 Å². The van der Waals surface area contributed by atoms with Gasteiger partial charge < -0.3 is 15.8 Å². The molecule has 1 atom stereocenters. The normalized spacial score (nSPS) is 11.9. The smallest absolute Gasteiger partial charge is 0.271 e. The number of carbonyl (C=O) groups is 1. The van der Waals surface area contributed by atoms with Crippen LogP contribution in [0.5, 0.6) is 5.75 Å². The summed E-state index contributed by atoms with van der Waals surface area (Å²) in [6.07, 6.45) is 1.41. The average molecular weight is 274 g/mol. The van der Waals surface area contributed by atoms with E-state index in [-0.39, 0.29) is 17.6 Å². The van der Waals surface area contributed by atoms with Crippen LogP contribution in [-0.4, -0.2) is 28.8 Å². The van der Waals surface area contributed by atoms with Crippen LogP contribution in [0.4, 0.5) is 5.69 Å². The Labute approximate surface area is 117 Å². The molecule has 0 bridgehead atoms. The first kappa shape index (κ1) is 13.9. The number of benzene rings is 1. The van der Waals surface area contributed by atoms with Crippen molar-refractivity contribution >= 4 is 11.6 Å². The van der Waals surface area contributed by atoms with E-state index in [9.17, 15) is 4.79 Å². The Balaban J connectivity index is 1.83. The molecule has 0 spiro atoms. The van der Waals surface area contributed by atoms with Crippen LogP contribution in [0.25, 0.3) is 0 Å². The standard InChI is InChI=1S/C14H18N4O2/c1-9-3-5-11(6-4-9)20-8-10(2)17-14(19)13-12(15)7-16-18-13/h3-7,10H,8,15H2,1-2H3,(H,16,18)(H,17,19). The summed E-state index contributed by atoms with van der Waals surface area (Å²) < 4.78 is 5.60. The number of aromatic nitrogens is 2. The summed E-state index contributed by atoms with van der Waals surface area (Å²) in [6.45, 7) is 4.25. The molecule has 0 fully saturated rings. The van der Waals surface area contributed by atoms with E-state index in [0.29, 0.717) is 12.3 Å². The van der Waals surface area contributed by atoms with E-state index < -0.39 is 0 Å². The predicted octanol–water partition coefficient (Wildman–Crippen LogP) is 1.50. The first-order valence-electron chi connectivity index (χ1n) is 6.35. The number of nitrogens with one attached hydrogen (secondary N) is 2. The quantitative estimate of drug-likeness (QED) is 0.770. The number of nitrogen functional groups attached to an aromatic ring is 1. The van der Waals surface area contributed by atoms with E-state index in [1.54, 1.807) is 0 Å². The van der Waals surface area contributed by atoms with Crippen molar-refractivity contribution in [1.29, 1.82) is 0 Å². The van der Waals surface area contributed by atoms with Crippen molar-refractivity contribution < 1.29 is 9.53 Å². The summed E-state index contributed by atoms with van der Waals surface area (Å²) in [7, 11) is 0. The maximum Gasteiger partial charge on any atom is 0.271 e. The van der Waals surface area contributed by atoms with E-state index in [2.05, 4.69) is 15.5 Å². The molecule has 4 N–H and O–H groups in total. The van der Waals surface area contributed by atoms with Gasteiger partial charge in [-0.2, -0.15) is 5.10 Å². The van der Waals surface area contributed by atoms with Gasteiger partial charge in [-0.1, -0.05) is 17.7 Å². The van der Waals surface area contributed by atoms with Crippen LogP contribution in [0, 0.1) is 6.92 Å². The first-order chi connectivity index (χ1) is 9.56. The Kier molecular flexibility index (Phi) is 4.24. The number of ether oxygens (including phenoxy) is 1. The lowest BCUT2D eigenvalue weighted by molar-refractivity contribution is 0.0922. The third kappa shape index (κ3) is 3.50. The molecule has 0 radical (unpaired) electrons. The molecule has 6 heteroatoms. The van der Waals surface area contributed by atoms with Crippen LogP contribution >= 0.6 is 0 Å². The number of hydrogen-bond acceptors (Lipinski definition) is 4. The number of rotatable bonds is 5. The fourth-order valence-electron chi connectivity index (χ4n) is 1.67. The third-order valence-electron chi connectivity index (χ3n) is 2.79. The van der Waals surface area contributed by atoms with Crippen LogP contribution in [0.15, 0.2) is 30.5 Å². The number of hydrogen-bond donors (Lipinski definition) is 3. The molecule has 2 aromatic rings. The first-order valence-corrected chi connectivity index (χ1v) is 6.35. The Morgan fingerprint density at radius 3 is 2.75 bits per heavy atom. The highest BCUT2D eigenvalue weighted by Crippen LogP contribution is 2.11. The number of nitrogens with zero attached hydrogens (tertiary/aromatic N) is 1. The molecule has 1 aromatic heterocycles. The largest absolute Gasteiger partial charge is 0.491 e. The summed E-state index contributed by atoms with van der Waals surface area (Å²) in [4.78, 5) is 11.9. The minimum absolute atomic E-state index is 0.147. The highest BCUT2D eigenvalue weighted by atomic mass is 16.5. The Morgan fingerprint density at radius 1 is 1.45 bits per heavy atom. The highest BCUT2D eigenvalue weighted by Gasteiger charge is 2.14. The van der Waals surface area contributed by atoms with Crippen LogP contribution in [-0.2, 0) is 0 Å². The predicted molar refractivity (Wildman–Crippen MR) is 76.6 cm³/mol. The number of carbonyl (C=O) groups excluding carboxylic acids is 1. The minimum Gasteiger partial charge on any atom is -0.491 e. The number of H-pyrrole nitrogens is 1. The third-order valence-corrected chi connectivity index (χ3v) is 2.79. The molecule has 0 aliphatic rings. The van der Waals surface area contributed by atoms with E-state index >= 15 is 0 Å². The van der Waals surface area contributed by atoms with Gasteiger partial charge in [-0.3, -0.25) is 9.89 Å². The lowest BCUT2D eigenvalue weighted by Gasteiger charge is -2.14. The van der Waals surface area contributed by atoms with Crippen LogP contribution in [0.2, 0.25) is 0 Å². The number of aromatic amines is 1. The second kappa shape index (κ2) is 6.10. The van der Waals surface area contributed by atoms with Crippen molar-refractivity contribution in [3.63, 3.8) is 0 Å². The minimum atomic E-state index is -0.292. The molecule has 20 heavy (non-hydrogen) atoms. The van der Waals surface area contributed by atoms with E-state index in [1.807, 2.05) is 38.1 Å². The number of anilines is 1. The monoisotopic (exact) mass is 274 g/mol. The molecule has 2 rings (SSSR count). The van der Waals surface area contributed by atoms with Gasteiger partial charge in [-0.05, 0) is 26.0 Å². The van der Waals surface area contributed by atoms with Gasteiger partial charge in [0, 0.05) is 0 Å². The van der Waals surface area contributed by atoms with Crippen molar-refractivity contribution in [3.05, 3.63) is 41.7 Å². The molecular formula is C14H18N4O2.